The van der Waals surface area contributed by atoms with E-state index in [-0.39, 0.29) is 16.4 Å². The second kappa shape index (κ2) is 10.6. The Balaban J connectivity index is 1.73. The Hall–Kier alpha value is -2.13. The van der Waals surface area contributed by atoms with Crippen LogP contribution >= 0.6 is 15.9 Å². The van der Waals surface area contributed by atoms with Gasteiger partial charge in [-0.2, -0.15) is 0 Å². The predicted octanol–water partition coefficient (Wildman–Crippen LogP) is 1.99. The van der Waals surface area contributed by atoms with Gasteiger partial charge in [-0.25, -0.2) is 0 Å². The average Bonchev–Trinajstić information content (AvgIpc) is 3.26. The van der Waals surface area contributed by atoms with Crippen LogP contribution in [0.25, 0.3) is 5.57 Å². The van der Waals surface area contributed by atoms with Gasteiger partial charge in [0.05, 0.1) is 5.71 Å². The monoisotopic (exact) mass is 493 g/mol. The number of hydrogen-bond donors (Lipinski definition) is 0. The molecule has 0 aromatic heterocycles. The average molecular weight is 493 g/mol. The van der Waals surface area contributed by atoms with E-state index in [2.05, 4.69) is 65.4 Å². The fourth-order valence-corrected chi connectivity index (χ4v) is 5.03. The van der Waals surface area contributed by atoms with Gasteiger partial charge in [0.1, 0.15) is 39.2 Å². The third-order valence-electron chi connectivity index (χ3n) is 6.32. The lowest BCUT2D eigenvalue weighted by Gasteiger charge is -2.22. The highest BCUT2D eigenvalue weighted by Gasteiger charge is 2.17. The molecule has 0 saturated heterocycles. The molecule has 2 aliphatic carbocycles. The van der Waals surface area contributed by atoms with Crippen molar-refractivity contribution in [1.82, 2.24) is 0 Å². The van der Waals surface area contributed by atoms with Crippen molar-refractivity contribution in [3.8, 4) is 0 Å². The van der Waals surface area contributed by atoms with Crippen LogP contribution in [0.3, 0.4) is 0 Å². The standard InChI is InChI=1S/C27H21B5BrN/c1-15-12-18(22-23(28)25(30)27(32)26(31)24(22)29)14-34-21(13-15)17-7-5-6-16(10-11-17)19-8-3-2-4-9-20(19)33/h3,5-6,8,10-11,13-14H,2,4,7,9,12H2,1H3. The molecule has 156 valence electrons. The SMILES string of the molecule is [B]c1c([B])c([B])c(C2=CN=C(C3=CC=C(C4=C(Br)CCCC=C4)C=CC3)C=C(C)C2)c([B])c1[B]. The molecule has 0 atom stereocenters. The molecule has 0 unspecified atom stereocenters. The van der Waals surface area contributed by atoms with Gasteiger partial charge in [0.15, 0.2) is 0 Å². The summed E-state index contributed by atoms with van der Waals surface area (Å²) in [7, 11) is 30.7. The number of hydrogen-bond acceptors (Lipinski definition) is 1. The van der Waals surface area contributed by atoms with Crippen molar-refractivity contribution >= 4 is 93.8 Å². The van der Waals surface area contributed by atoms with Crippen molar-refractivity contribution in [2.24, 2.45) is 4.99 Å². The van der Waals surface area contributed by atoms with Gasteiger partial charge < -0.3 is 0 Å². The van der Waals surface area contributed by atoms with Crippen LogP contribution in [0.5, 0.6) is 0 Å². The van der Waals surface area contributed by atoms with Crippen LogP contribution in [0, 0.1) is 0 Å². The van der Waals surface area contributed by atoms with Crippen molar-refractivity contribution in [2.45, 2.75) is 39.0 Å². The van der Waals surface area contributed by atoms with E-state index in [1.54, 1.807) is 0 Å². The van der Waals surface area contributed by atoms with E-state index in [1.165, 1.54) is 15.6 Å². The van der Waals surface area contributed by atoms with E-state index in [0.29, 0.717) is 22.9 Å². The summed E-state index contributed by atoms with van der Waals surface area (Å²) in [5, 5.41) is 0. The molecule has 1 heterocycles. The lowest BCUT2D eigenvalue weighted by molar-refractivity contribution is 0.869. The fraction of sp³-hybridized carbons (Fsp3) is 0.222. The van der Waals surface area contributed by atoms with E-state index in [1.807, 2.05) is 6.20 Å². The molecule has 0 fully saturated rings. The molecule has 1 aromatic rings. The van der Waals surface area contributed by atoms with E-state index in [4.69, 9.17) is 44.2 Å². The van der Waals surface area contributed by atoms with Crippen LogP contribution in [0.1, 0.15) is 44.6 Å². The summed E-state index contributed by atoms with van der Waals surface area (Å²) in [5.41, 5.74) is 8.46. The van der Waals surface area contributed by atoms with Crippen LogP contribution in [-0.2, 0) is 0 Å². The highest BCUT2D eigenvalue weighted by molar-refractivity contribution is 9.11. The van der Waals surface area contributed by atoms with Gasteiger partial charge in [0, 0.05) is 10.7 Å². The normalized spacial score (nSPS) is 18.8. The molecule has 0 spiro atoms. The van der Waals surface area contributed by atoms with Crippen molar-refractivity contribution < 1.29 is 0 Å². The van der Waals surface area contributed by atoms with Crippen LogP contribution in [0.2, 0.25) is 0 Å². The molecule has 7 heteroatoms. The molecule has 0 saturated carbocycles. The highest BCUT2D eigenvalue weighted by atomic mass is 79.9. The van der Waals surface area contributed by atoms with Gasteiger partial charge in [-0.15, -0.1) is 16.4 Å². The van der Waals surface area contributed by atoms with Gasteiger partial charge in [-0.1, -0.05) is 68.9 Å². The smallest absolute Gasteiger partial charge is 0.113 e. The first-order valence-electron chi connectivity index (χ1n) is 11.4. The zero-order valence-electron chi connectivity index (χ0n) is 19.4. The molecule has 1 nitrogen and oxygen atoms in total. The minimum absolute atomic E-state index is 0.215. The zero-order chi connectivity index (χ0) is 24.4. The molecule has 0 bridgehead atoms. The van der Waals surface area contributed by atoms with Gasteiger partial charge in [-0.05, 0) is 73.0 Å². The second-order valence-electron chi connectivity index (χ2n) is 8.81. The first-order chi connectivity index (χ1) is 16.3. The zero-order valence-corrected chi connectivity index (χ0v) is 21.0. The Morgan fingerprint density at radius 1 is 0.853 bits per heavy atom. The maximum Gasteiger partial charge on any atom is 0.113 e. The summed E-state index contributed by atoms with van der Waals surface area (Å²) < 4.78 is 1.25. The number of halogens is 1. The summed E-state index contributed by atoms with van der Waals surface area (Å²) in [6.07, 6.45) is 21.8. The Bertz CT molecular complexity index is 1260. The largest absolute Gasteiger partial charge is 0.256 e. The summed E-state index contributed by atoms with van der Waals surface area (Å²) >= 11 is 3.78. The minimum atomic E-state index is 0.215. The molecule has 10 radical (unpaired) electrons. The third-order valence-corrected chi connectivity index (χ3v) is 7.14. The van der Waals surface area contributed by atoms with Crippen LogP contribution < -0.4 is 27.3 Å². The second-order valence-corrected chi connectivity index (χ2v) is 9.77. The molecule has 0 N–H and O–H groups in total. The number of aliphatic imine (C=N–C) groups is 1. The van der Waals surface area contributed by atoms with Crippen LogP contribution in [0.15, 0.2) is 80.5 Å². The van der Waals surface area contributed by atoms with Crippen LogP contribution in [-0.4, -0.2) is 44.9 Å². The first kappa shape index (κ1) is 25.0. The van der Waals surface area contributed by atoms with Crippen molar-refractivity contribution in [3.63, 3.8) is 0 Å². The summed E-state index contributed by atoms with van der Waals surface area (Å²) in [4.78, 5) is 4.82. The minimum Gasteiger partial charge on any atom is -0.256 e. The summed E-state index contributed by atoms with van der Waals surface area (Å²) in [5.74, 6) is 0. The predicted molar refractivity (Wildman–Crippen MR) is 156 cm³/mol. The molecular weight excluding hydrogens is 472 g/mol. The molecular formula is C27H21B5BrN. The van der Waals surface area contributed by atoms with Crippen LogP contribution in [0.4, 0.5) is 0 Å². The van der Waals surface area contributed by atoms with Gasteiger partial charge in [0.2, 0.25) is 0 Å². The van der Waals surface area contributed by atoms with E-state index >= 15 is 0 Å². The van der Waals surface area contributed by atoms with Gasteiger partial charge >= 0.3 is 0 Å². The lowest BCUT2D eigenvalue weighted by Crippen LogP contribution is -2.56. The van der Waals surface area contributed by atoms with Crippen molar-refractivity contribution in [1.29, 1.82) is 0 Å². The lowest BCUT2D eigenvalue weighted by atomic mass is 9.59. The van der Waals surface area contributed by atoms with Crippen molar-refractivity contribution in [2.75, 3.05) is 0 Å². The van der Waals surface area contributed by atoms with E-state index in [0.717, 1.165) is 48.1 Å². The van der Waals surface area contributed by atoms with E-state index < -0.39 is 0 Å². The van der Waals surface area contributed by atoms with Crippen molar-refractivity contribution in [3.05, 3.63) is 81.1 Å². The molecule has 1 aliphatic heterocycles. The van der Waals surface area contributed by atoms with Gasteiger partial charge in [-0.3, -0.25) is 4.99 Å². The quantitative estimate of drug-likeness (QED) is 0.572. The summed E-state index contributed by atoms with van der Waals surface area (Å²) in [6, 6.07) is 0. The molecule has 0 amide bonds. The van der Waals surface area contributed by atoms with Gasteiger partial charge in [0.25, 0.3) is 0 Å². The maximum absolute atomic E-state index is 6.30. The third kappa shape index (κ3) is 5.10. The number of benzene rings is 1. The fourth-order valence-electron chi connectivity index (χ4n) is 4.39. The number of rotatable bonds is 3. The highest BCUT2D eigenvalue weighted by Crippen LogP contribution is 2.31. The Morgan fingerprint density at radius 2 is 1.56 bits per heavy atom. The molecule has 34 heavy (non-hydrogen) atoms. The number of nitrogens with zero attached hydrogens (tertiary/aromatic N) is 1. The molecule has 3 aliphatic rings. The van der Waals surface area contributed by atoms with E-state index in [9.17, 15) is 0 Å². The molecule has 4 rings (SSSR count). The Kier molecular flexibility index (Phi) is 7.82. The summed E-state index contributed by atoms with van der Waals surface area (Å²) in [6.45, 7) is 2.07. The maximum atomic E-state index is 6.30. The molecule has 1 aromatic carbocycles. The number of allylic oxidation sites excluding steroid dienone is 13. The Labute approximate surface area is 218 Å². The topological polar surface area (TPSA) is 12.4 Å². The Morgan fingerprint density at radius 3 is 2.29 bits per heavy atom. The first-order valence-corrected chi connectivity index (χ1v) is 12.2.